The molecule has 180 valence electrons. The molecule has 1 spiro atoms. The van der Waals surface area contributed by atoms with Crippen molar-refractivity contribution in [2.75, 3.05) is 18.4 Å². The second kappa shape index (κ2) is 7.33. The van der Waals surface area contributed by atoms with E-state index < -0.39 is 18.0 Å². The van der Waals surface area contributed by atoms with Crippen LogP contribution < -0.4 is 5.32 Å². The van der Waals surface area contributed by atoms with E-state index >= 15 is 0 Å². The van der Waals surface area contributed by atoms with E-state index in [-0.39, 0.29) is 36.5 Å². The van der Waals surface area contributed by atoms with E-state index in [1.54, 1.807) is 22.6 Å². The molecule has 4 unspecified atom stereocenters. The maximum Gasteiger partial charge on any atom is 0.393 e. The van der Waals surface area contributed by atoms with Crippen LogP contribution in [0, 0.1) is 22.7 Å². The molecule has 4 atom stereocenters. The molecule has 3 fully saturated rings. The highest BCUT2D eigenvalue weighted by Gasteiger charge is 2.64. The first-order chi connectivity index (χ1) is 16.2. The molecular formula is C25H27F3N4O2. The second-order valence-corrected chi connectivity index (χ2v) is 10.7. The summed E-state index contributed by atoms with van der Waals surface area (Å²) in [5, 5.41) is 2.98. The predicted molar refractivity (Wildman–Crippen MR) is 119 cm³/mol. The van der Waals surface area contributed by atoms with Crippen LogP contribution in [0.4, 0.5) is 19.0 Å². The third-order valence-corrected chi connectivity index (χ3v) is 8.35. The lowest BCUT2D eigenvalue weighted by Gasteiger charge is -2.33. The Hall–Kier alpha value is -2.84. The number of imidazole rings is 1. The summed E-state index contributed by atoms with van der Waals surface area (Å²) in [4.78, 5) is 31.5. The van der Waals surface area contributed by atoms with Crippen LogP contribution in [0.3, 0.4) is 0 Å². The number of aromatic nitrogens is 2. The van der Waals surface area contributed by atoms with Gasteiger partial charge in [-0.3, -0.25) is 14.0 Å². The Labute approximate surface area is 195 Å². The molecule has 6 nitrogen and oxygen atoms in total. The van der Waals surface area contributed by atoms with Gasteiger partial charge >= 0.3 is 6.18 Å². The minimum Gasteiger partial charge on any atom is -0.337 e. The molecule has 1 N–H and O–H groups in total. The molecule has 4 aliphatic rings. The summed E-state index contributed by atoms with van der Waals surface area (Å²) in [6.07, 6.45) is 6.94. The molecule has 2 aromatic rings. The van der Waals surface area contributed by atoms with Gasteiger partial charge in [0.05, 0.1) is 5.92 Å². The summed E-state index contributed by atoms with van der Waals surface area (Å²) in [6, 6.07) is 5.20. The summed E-state index contributed by atoms with van der Waals surface area (Å²) in [6.45, 7) is -0.0687. The smallest absolute Gasteiger partial charge is 0.337 e. The summed E-state index contributed by atoms with van der Waals surface area (Å²) in [5.74, 6) is -0.868. The van der Waals surface area contributed by atoms with E-state index in [1.807, 2.05) is 0 Å². The zero-order chi connectivity index (χ0) is 23.7. The lowest BCUT2D eigenvalue weighted by atomic mass is 9.72. The Morgan fingerprint density at radius 3 is 2.91 bits per heavy atom. The van der Waals surface area contributed by atoms with Crippen LogP contribution in [0.15, 0.2) is 36.5 Å². The van der Waals surface area contributed by atoms with Gasteiger partial charge in [-0.2, -0.15) is 13.2 Å². The molecule has 2 bridgehead atoms. The average molecular weight is 473 g/mol. The number of allylic oxidation sites excluding steroid dienone is 2. The summed E-state index contributed by atoms with van der Waals surface area (Å²) in [5.41, 5.74) is 0.927. The Morgan fingerprint density at radius 2 is 2.09 bits per heavy atom. The highest BCUT2D eigenvalue weighted by atomic mass is 19.4. The van der Waals surface area contributed by atoms with Crippen LogP contribution in [-0.4, -0.2) is 45.4 Å². The fourth-order valence-electron chi connectivity index (χ4n) is 6.69. The number of carbonyl (C=O) groups is 2. The Balaban J connectivity index is 1.18. The zero-order valence-corrected chi connectivity index (χ0v) is 18.8. The SMILES string of the molecule is O=C(CC12CC=CC3(CC3C1)C2)Nc1cccc2nc(C(=O)N3CCCC(C(F)(F)F)C3)cn12. The van der Waals surface area contributed by atoms with Crippen molar-refractivity contribution >= 4 is 23.3 Å². The first kappa shape index (κ1) is 21.7. The molecule has 0 radical (unpaired) electrons. The van der Waals surface area contributed by atoms with Crippen LogP contribution in [-0.2, 0) is 4.79 Å². The summed E-state index contributed by atoms with van der Waals surface area (Å²) >= 11 is 0. The number of halogens is 3. The number of hydrogen-bond donors (Lipinski definition) is 1. The van der Waals surface area contributed by atoms with Crippen molar-refractivity contribution in [2.24, 2.45) is 22.7 Å². The van der Waals surface area contributed by atoms with Gasteiger partial charge in [-0.25, -0.2) is 4.98 Å². The number of carbonyl (C=O) groups excluding carboxylic acids is 2. The number of anilines is 1. The van der Waals surface area contributed by atoms with Crippen LogP contribution >= 0.6 is 0 Å². The van der Waals surface area contributed by atoms with Crippen LogP contribution in [0.25, 0.3) is 5.65 Å². The van der Waals surface area contributed by atoms with Crippen molar-refractivity contribution in [1.82, 2.24) is 14.3 Å². The number of fused-ring (bicyclic) bond motifs is 2. The fourth-order valence-corrected chi connectivity index (χ4v) is 6.69. The largest absolute Gasteiger partial charge is 0.393 e. The number of alkyl halides is 3. The monoisotopic (exact) mass is 472 g/mol. The molecule has 1 aliphatic heterocycles. The minimum absolute atomic E-state index is 0.0355. The van der Waals surface area contributed by atoms with Crippen LogP contribution in [0.5, 0.6) is 0 Å². The molecule has 1 saturated heterocycles. The average Bonchev–Trinajstić information content (AvgIpc) is 3.14. The van der Waals surface area contributed by atoms with Gasteiger partial charge in [0.2, 0.25) is 5.91 Å². The molecule has 34 heavy (non-hydrogen) atoms. The van der Waals surface area contributed by atoms with Crippen molar-refractivity contribution < 1.29 is 22.8 Å². The summed E-state index contributed by atoms with van der Waals surface area (Å²) in [7, 11) is 0. The van der Waals surface area contributed by atoms with Crippen molar-refractivity contribution in [3.05, 3.63) is 42.2 Å². The predicted octanol–water partition coefficient (Wildman–Crippen LogP) is 4.82. The fraction of sp³-hybridized carbons (Fsp3) is 0.560. The molecule has 2 amide bonds. The highest BCUT2D eigenvalue weighted by molar-refractivity contribution is 5.94. The number of nitrogens with zero attached hydrogens (tertiary/aromatic N) is 3. The molecule has 6 rings (SSSR count). The number of amides is 2. The van der Waals surface area contributed by atoms with E-state index in [9.17, 15) is 22.8 Å². The van der Waals surface area contributed by atoms with Crippen molar-refractivity contribution in [2.45, 2.75) is 51.1 Å². The minimum atomic E-state index is -4.32. The lowest BCUT2D eigenvalue weighted by molar-refractivity contribution is -0.184. The van der Waals surface area contributed by atoms with Gasteiger partial charge < -0.3 is 10.2 Å². The van der Waals surface area contributed by atoms with E-state index in [4.69, 9.17) is 0 Å². The van der Waals surface area contributed by atoms with Crippen LogP contribution in [0.2, 0.25) is 0 Å². The first-order valence-corrected chi connectivity index (χ1v) is 12.0. The van der Waals surface area contributed by atoms with Gasteiger partial charge in [0.25, 0.3) is 5.91 Å². The normalized spacial score (nSPS) is 32.0. The molecule has 2 aromatic heterocycles. The number of rotatable bonds is 4. The van der Waals surface area contributed by atoms with E-state index in [0.717, 1.165) is 25.2 Å². The Morgan fingerprint density at radius 1 is 1.24 bits per heavy atom. The lowest BCUT2D eigenvalue weighted by Crippen LogP contribution is -2.44. The van der Waals surface area contributed by atoms with E-state index in [1.165, 1.54) is 17.5 Å². The quantitative estimate of drug-likeness (QED) is 0.649. The number of likely N-dealkylation sites (tertiary alicyclic amines) is 1. The molecular weight excluding hydrogens is 445 g/mol. The van der Waals surface area contributed by atoms with Gasteiger partial charge in [-0.15, -0.1) is 0 Å². The topological polar surface area (TPSA) is 66.7 Å². The third kappa shape index (κ3) is 3.60. The molecule has 0 aromatic carbocycles. The van der Waals surface area contributed by atoms with Gasteiger partial charge in [0.1, 0.15) is 17.2 Å². The highest BCUT2D eigenvalue weighted by Crippen LogP contribution is 2.73. The number of hydrogen-bond acceptors (Lipinski definition) is 3. The molecule has 2 saturated carbocycles. The van der Waals surface area contributed by atoms with Gasteiger partial charge in [0, 0.05) is 25.7 Å². The molecule has 3 heterocycles. The Kier molecular flexibility index (Phi) is 4.67. The van der Waals surface area contributed by atoms with Gasteiger partial charge in [-0.1, -0.05) is 18.2 Å². The van der Waals surface area contributed by atoms with E-state index in [0.29, 0.717) is 29.7 Å². The summed E-state index contributed by atoms with van der Waals surface area (Å²) < 4.78 is 41.1. The van der Waals surface area contributed by atoms with Crippen molar-refractivity contribution in [1.29, 1.82) is 0 Å². The number of pyridine rings is 1. The van der Waals surface area contributed by atoms with Gasteiger partial charge in [-0.05, 0) is 67.4 Å². The third-order valence-electron chi connectivity index (χ3n) is 8.35. The second-order valence-electron chi connectivity index (χ2n) is 10.7. The Bertz CT molecular complexity index is 1200. The van der Waals surface area contributed by atoms with Gasteiger partial charge in [0.15, 0.2) is 0 Å². The number of nitrogens with one attached hydrogen (secondary N) is 1. The maximum absolute atomic E-state index is 13.2. The molecule has 3 aliphatic carbocycles. The zero-order valence-electron chi connectivity index (χ0n) is 18.8. The first-order valence-electron chi connectivity index (χ1n) is 12.0. The van der Waals surface area contributed by atoms with Crippen molar-refractivity contribution in [3.8, 4) is 0 Å². The standard InChI is InChI=1S/C25H27F3N4O2/c26-25(27,28)16-4-2-9-31(13-16)22(34)18-14-32-19(29-18)5-1-6-20(32)30-21(33)12-23-7-3-8-24(15-23)11-17(24)10-23/h1,3,5-6,8,14,16-17H,2,4,7,9-13,15H2,(H,30,33). The van der Waals surface area contributed by atoms with Crippen LogP contribution in [0.1, 0.15) is 55.4 Å². The maximum atomic E-state index is 13.2. The number of piperidine rings is 1. The molecule has 9 heteroatoms. The van der Waals surface area contributed by atoms with E-state index in [2.05, 4.69) is 22.5 Å². The van der Waals surface area contributed by atoms with Crippen molar-refractivity contribution in [3.63, 3.8) is 0 Å².